The van der Waals surface area contributed by atoms with Crippen LogP contribution in [0.25, 0.3) is 0 Å². The highest BCUT2D eigenvalue weighted by Crippen LogP contribution is 2.38. The summed E-state index contributed by atoms with van der Waals surface area (Å²) >= 11 is 0. The Labute approximate surface area is 98.5 Å². The third kappa shape index (κ3) is 1.58. The molecule has 1 unspecified atom stereocenters. The third-order valence-corrected chi connectivity index (χ3v) is 4.69. The van der Waals surface area contributed by atoms with Crippen molar-refractivity contribution >= 4 is 0 Å². The van der Waals surface area contributed by atoms with Crippen LogP contribution in [0.1, 0.15) is 36.8 Å². The highest BCUT2D eigenvalue weighted by Gasteiger charge is 2.38. The second-order valence-electron chi connectivity index (χ2n) is 5.55. The zero-order chi connectivity index (χ0) is 11.0. The van der Waals surface area contributed by atoms with Crippen molar-refractivity contribution in [3.63, 3.8) is 0 Å². The zero-order valence-electron chi connectivity index (χ0n) is 10.2. The van der Waals surface area contributed by atoms with Crippen LogP contribution < -0.4 is 0 Å². The number of likely N-dealkylation sites (N-methyl/N-ethyl adjacent to an activating group) is 1. The Hall–Kier alpha value is -0.820. The number of rotatable bonds is 0. The number of fused-ring (bicyclic) bond motifs is 1. The number of likely N-dealkylation sites (tertiary alicyclic amines) is 1. The predicted octanol–water partition coefficient (Wildman–Crippen LogP) is 3.03. The number of piperidine rings is 1. The molecule has 1 aromatic carbocycles. The van der Waals surface area contributed by atoms with Crippen LogP contribution in [0.15, 0.2) is 24.3 Å². The number of benzene rings is 1. The van der Waals surface area contributed by atoms with Crippen LogP contribution in [0.3, 0.4) is 0 Å². The van der Waals surface area contributed by atoms with Crippen molar-refractivity contribution in [2.75, 3.05) is 13.6 Å². The molecule has 0 saturated carbocycles. The van der Waals surface area contributed by atoms with E-state index in [2.05, 4.69) is 36.2 Å². The Morgan fingerprint density at radius 3 is 2.69 bits per heavy atom. The van der Waals surface area contributed by atoms with E-state index in [0.717, 1.165) is 0 Å². The number of hydrogen-bond acceptors (Lipinski definition) is 1. The van der Waals surface area contributed by atoms with Crippen molar-refractivity contribution in [2.45, 2.75) is 44.1 Å². The SMILES string of the molecule is CN1CCCCC12CCc1ccccc1C2. The standard InChI is InChI=1S/C15H21N/c1-16-11-5-4-9-15(16)10-8-13-6-2-3-7-14(13)12-15/h2-3,6-7H,4-5,8-12H2,1H3. The zero-order valence-corrected chi connectivity index (χ0v) is 10.2. The summed E-state index contributed by atoms with van der Waals surface area (Å²) in [4.78, 5) is 2.63. The first-order chi connectivity index (χ1) is 7.80. The van der Waals surface area contributed by atoms with Crippen LogP contribution in [-0.4, -0.2) is 24.0 Å². The van der Waals surface area contributed by atoms with Crippen LogP contribution in [0.4, 0.5) is 0 Å². The lowest BCUT2D eigenvalue weighted by molar-refractivity contribution is 0.0593. The van der Waals surface area contributed by atoms with Gasteiger partial charge in [-0.2, -0.15) is 0 Å². The van der Waals surface area contributed by atoms with Crippen molar-refractivity contribution in [1.29, 1.82) is 0 Å². The molecule has 0 aromatic heterocycles. The minimum absolute atomic E-state index is 0.493. The maximum atomic E-state index is 2.63. The van der Waals surface area contributed by atoms with Gasteiger partial charge in [-0.05, 0) is 56.8 Å². The molecule has 86 valence electrons. The summed E-state index contributed by atoms with van der Waals surface area (Å²) in [5.41, 5.74) is 3.68. The molecule has 1 nitrogen and oxygen atoms in total. The molecule has 1 aliphatic heterocycles. The Bertz CT molecular complexity index is 385. The van der Waals surface area contributed by atoms with E-state index >= 15 is 0 Å². The summed E-state index contributed by atoms with van der Waals surface area (Å²) in [6.07, 6.45) is 8.13. The Kier molecular flexibility index (Phi) is 2.51. The van der Waals surface area contributed by atoms with Crippen molar-refractivity contribution in [2.24, 2.45) is 0 Å². The largest absolute Gasteiger partial charge is 0.300 e. The van der Waals surface area contributed by atoms with Gasteiger partial charge < -0.3 is 4.90 Å². The van der Waals surface area contributed by atoms with E-state index in [1.807, 2.05) is 0 Å². The molecule has 3 rings (SSSR count). The summed E-state index contributed by atoms with van der Waals surface area (Å²) in [6, 6.07) is 9.02. The van der Waals surface area contributed by atoms with Crippen LogP contribution >= 0.6 is 0 Å². The first kappa shape index (κ1) is 10.3. The normalized spacial score (nSPS) is 30.3. The van der Waals surface area contributed by atoms with E-state index in [4.69, 9.17) is 0 Å². The van der Waals surface area contributed by atoms with Crippen LogP contribution in [0.2, 0.25) is 0 Å². The van der Waals surface area contributed by atoms with Gasteiger partial charge in [0.05, 0.1) is 0 Å². The molecule has 2 aliphatic rings. The first-order valence-electron chi connectivity index (χ1n) is 6.58. The molecule has 0 radical (unpaired) electrons. The van der Waals surface area contributed by atoms with Gasteiger partial charge in [0.15, 0.2) is 0 Å². The van der Waals surface area contributed by atoms with Crippen LogP contribution in [0, 0.1) is 0 Å². The predicted molar refractivity (Wildman–Crippen MR) is 67.7 cm³/mol. The van der Waals surface area contributed by atoms with E-state index in [-0.39, 0.29) is 0 Å². The highest BCUT2D eigenvalue weighted by molar-refractivity contribution is 5.32. The molecule has 0 amide bonds. The topological polar surface area (TPSA) is 3.24 Å². The molecule has 1 atom stereocenters. The van der Waals surface area contributed by atoms with Gasteiger partial charge in [0, 0.05) is 5.54 Å². The molecule has 1 aromatic rings. The molecule has 16 heavy (non-hydrogen) atoms. The summed E-state index contributed by atoms with van der Waals surface area (Å²) in [6.45, 7) is 1.29. The van der Waals surface area contributed by atoms with Gasteiger partial charge in [-0.3, -0.25) is 0 Å². The van der Waals surface area contributed by atoms with Crippen molar-refractivity contribution in [3.8, 4) is 0 Å². The Balaban J connectivity index is 1.91. The fourth-order valence-corrected chi connectivity index (χ4v) is 3.55. The van der Waals surface area contributed by atoms with Crippen LogP contribution in [0.5, 0.6) is 0 Å². The monoisotopic (exact) mass is 215 g/mol. The molecule has 1 heteroatoms. The van der Waals surface area contributed by atoms with E-state index in [1.165, 1.54) is 45.1 Å². The average molecular weight is 215 g/mol. The molecule has 1 fully saturated rings. The van der Waals surface area contributed by atoms with Gasteiger partial charge in [-0.15, -0.1) is 0 Å². The smallest absolute Gasteiger partial charge is 0.0250 e. The van der Waals surface area contributed by atoms with Crippen LogP contribution in [-0.2, 0) is 12.8 Å². The molecule has 1 heterocycles. The van der Waals surface area contributed by atoms with Gasteiger partial charge in [0.2, 0.25) is 0 Å². The van der Waals surface area contributed by atoms with Gasteiger partial charge in [-0.1, -0.05) is 30.7 Å². The van der Waals surface area contributed by atoms with E-state index < -0.39 is 0 Å². The molecular formula is C15H21N. The van der Waals surface area contributed by atoms with Gasteiger partial charge in [0.25, 0.3) is 0 Å². The Morgan fingerprint density at radius 1 is 1.06 bits per heavy atom. The summed E-state index contributed by atoms with van der Waals surface area (Å²) in [5.74, 6) is 0. The van der Waals surface area contributed by atoms with Gasteiger partial charge in [-0.25, -0.2) is 0 Å². The maximum Gasteiger partial charge on any atom is 0.0250 e. The minimum atomic E-state index is 0.493. The summed E-state index contributed by atoms with van der Waals surface area (Å²) < 4.78 is 0. The molecule has 1 spiro atoms. The fraction of sp³-hybridized carbons (Fsp3) is 0.600. The molecule has 1 saturated heterocycles. The van der Waals surface area contributed by atoms with Gasteiger partial charge in [0.1, 0.15) is 0 Å². The highest BCUT2D eigenvalue weighted by atomic mass is 15.2. The summed E-state index contributed by atoms with van der Waals surface area (Å²) in [5, 5.41) is 0. The number of aryl methyl sites for hydroxylation is 1. The van der Waals surface area contributed by atoms with E-state index in [9.17, 15) is 0 Å². The van der Waals surface area contributed by atoms with Crippen molar-refractivity contribution < 1.29 is 0 Å². The molecule has 0 bridgehead atoms. The molecule has 1 aliphatic carbocycles. The van der Waals surface area contributed by atoms with Crippen molar-refractivity contribution in [3.05, 3.63) is 35.4 Å². The quantitative estimate of drug-likeness (QED) is 0.643. The van der Waals surface area contributed by atoms with Gasteiger partial charge >= 0.3 is 0 Å². The summed E-state index contributed by atoms with van der Waals surface area (Å²) in [7, 11) is 2.33. The van der Waals surface area contributed by atoms with E-state index in [0.29, 0.717) is 5.54 Å². The molecular weight excluding hydrogens is 194 g/mol. The third-order valence-electron chi connectivity index (χ3n) is 4.69. The minimum Gasteiger partial charge on any atom is -0.300 e. The average Bonchev–Trinajstić information content (AvgIpc) is 2.33. The second kappa shape index (κ2) is 3.89. The van der Waals surface area contributed by atoms with Crippen molar-refractivity contribution in [1.82, 2.24) is 4.90 Å². The number of nitrogens with zero attached hydrogens (tertiary/aromatic N) is 1. The lowest BCUT2D eigenvalue weighted by Gasteiger charge is -2.48. The maximum absolute atomic E-state index is 2.63. The fourth-order valence-electron chi connectivity index (χ4n) is 3.55. The number of hydrogen-bond donors (Lipinski definition) is 0. The first-order valence-corrected chi connectivity index (χ1v) is 6.58. The lowest BCUT2D eigenvalue weighted by atomic mass is 9.72. The second-order valence-corrected chi connectivity index (χ2v) is 5.55. The lowest BCUT2D eigenvalue weighted by Crippen LogP contribution is -2.53. The Morgan fingerprint density at radius 2 is 1.88 bits per heavy atom. The molecule has 0 N–H and O–H groups in total. The van der Waals surface area contributed by atoms with E-state index in [1.54, 1.807) is 11.1 Å².